The Morgan fingerprint density at radius 2 is 2.19 bits per heavy atom. The largest absolute Gasteiger partial charge is 0.372 e. The number of nitrogens with one attached hydrogen (secondary N) is 1. The fourth-order valence-electron chi connectivity index (χ4n) is 2.96. The highest BCUT2D eigenvalue weighted by Crippen LogP contribution is 2.26. The summed E-state index contributed by atoms with van der Waals surface area (Å²) in [6, 6.07) is 1.85. The number of anilines is 1. The summed E-state index contributed by atoms with van der Waals surface area (Å²) in [6.45, 7) is 6.24. The van der Waals surface area contributed by atoms with Gasteiger partial charge in [-0.25, -0.2) is 4.98 Å². The minimum atomic E-state index is 0.0811. The molecule has 1 aliphatic heterocycles. The first-order valence-corrected chi connectivity index (χ1v) is 8.44. The maximum absolute atomic E-state index is 12.8. The molecule has 1 unspecified atom stereocenters. The van der Waals surface area contributed by atoms with Crippen molar-refractivity contribution in [3.05, 3.63) is 22.3 Å². The molecule has 2 rings (SSSR count). The second-order valence-electron chi connectivity index (χ2n) is 6.03. The van der Waals surface area contributed by atoms with E-state index >= 15 is 0 Å². The van der Waals surface area contributed by atoms with E-state index in [0.717, 1.165) is 36.3 Å². The van der Waals surface area contributed by atoms with Crippen molar-refractivity contribution in [2.75, 3.05) is 25.5 Å². The molecule has 1 fully saturated rings. The Morgan fingerprint density at radius 1 is 1.43 bits per heavy atom. The van der Waals surface area contributed by atoms with Gasteiger partial charge in [0, 0.05) is 30.8 Å². The Hall–Kier alpha value is -1.10. The van der Waals surface area contributed by atoms with Crippen molar-refractivity contribution in [1.82, 2.24) is 9.88 Å². The van der Waals surface area contributed by atoms with Gasteiger partial charge in [-0.1, -0.05) is 13.8 Å². The first-order chi connectivity index (χ1) is 10.0. The average Bonchev–Trinajstić information content (AvgIpc) is 2.72. The molecule has 0 aromatic carbocycles. The second-order valence-corrected chi connectivity index (χ2v) is 6.94. The van der Waals surface area contributed by atoms with Crippen molar-refractivity contribution < 1.29 is 4.79 Å². The SMILES string of the molecule is CNc1ncc(Br)cc1C(=O)N1CCCC(C(C)C)CC1. The van der Waals surface area contributed by atoms with E-state index in [1.54, 1.807) is 13.2 Å². The molecule has 0 spiro atoms. The number of carbonyl (C=O) groups is 1. The number of nitrogens with zero attached hydrogens (tertiary/aromatic N) is 2. The third kappa shape index (κ3) is 3.96. The smallest absolute Gasteiger partial charge is 0.257 e. The summed E-state index contributed by atoms with van der Waals surface area (Å²) in [4.78, 5) is 19.0. The summed E-state index contributed by atoms with van der Waals surface area (Å²) < 4.78 is 0.833. The van der Waals surface area contributed by atoms with Crippen LogP contribution in [0.3, 0.4) is 0 Å². The Balaban J connectivity index is 2.15. The highest BCUT2D eigenvalue weighted by Gasteiger charge is 2.24. The molecule has 1 aliphatic rings. The molecule has 1 aromatic heterocycles. The van der Waals surface area contributed by atoms with Crippen molar-refractivity contribution in [2.24, 2.45) is 11.8 Å². The van der Waals surface area contributed by atoms with E-state index in [-0.39, 0.29) is 5.91 Å². The van der Waals surface area contributed by atoms with Gasteiger partial charge in [0.15, 0.2) is 0 Å². The van der Waals surface area contributed by atoms with Crippen molar-refractivity contribution >= 4 is 27.7 Å². The molecule has 4 nitrogen and oxygen atoms in total. The zero-order valence-corrected chi connectivity index (χ0v) is 14.6. The predicted molar refractivity (Wildman–Crippen MR) is 89.6 cm³/mol. The zero-order chi connectivity index (χ0) is 15.4. The lowest BCUT2D eigenvalue weighted by Crippen LogP contribution is -2.32. The number of carbonyl (C=O) groups excluding carboxylic acids is 1. The van der Waals surface area contributed by atoms with Gasteiger partial charge < -0.3 is 10.2 Å². The van der Waals surface area contributed by atoms with Gasteiger partial charge in [-0.15, -0.1) is 0 Å². The van der Waals surface area contributed by atoms with Gasteiger partial charge in [-0.3, -0.25) is 4.79 Å². The standard InChI is InChI=1S/C16H24BrN3O/c1-11(2)12-5-4-7-20(8-6-12)16(21)14-9-13(17)10-19-15(14)18-3/h9-12H,4-8H2,1-3H3,(H,18,19). The topological polar surface area (TPSA) is 45.2 Å². The molecule has 0 radical (unpaired) electrons. The molecule has 0 saturated carbocycles. The van der Waals surface area contributed by atoms with E-state index in [1.165, 1.54) is 6.42 Å². The normalized spacial score (nSPS) is 19.5. The van der Waals surface area contributed by atoms with Crippen LogP contribution < -0.4 is 5.32 Å². The van der Waals surface area contributed by atoms with Crippen LogP contribution in [0.2, 0.25) is 0 Å². The Bertz CT molecular complexity index is 504. The molecule has 21 heavy (non-hydrogen) atoms. The van der Waals surface area contributed by atoms with Gasteiger partial charge in [0.05, 0.1) is 5.56 Å². The minimum absolute atomic E-state index is 0.0811. The van der Waals surface area contributed by atoms with E-state index in [4.69, 9.17) is 0 Å². The fraction of sp³-hybridized carbons (Fsp3) is 0.625. The number of aromatic nitrogens is 1. The van der Waals surface area contributed by atoms with Gasteiger partial charge in [-0.05, 0) is 53.1 Å². The minimum Gasteiger partial charge on any atom is -0.372 e. The van der Waals surface area contributed by atoms with Gasteiger partial charge in [0.25, 0.3) is 5.91 Å². The molecule has 0 aliphatic carbocycles. The molecule has 5 heteroatoms. The summed E-state index contributed by atoms with van der Waals surface area (Å²) in [7, 11) is 1.80. The second kappa shape index (κ2) is 7.25. The monoisotopic (exact) mass is 353 g/mol. The lowest BCUT2D eigenvalue weighted by molar-refractivity contribution is 0.0759. The van der Waals surface area contributed by atoms with Crippen LogP contribution in [0.15, 0.2) is 16.7 Å². The van der Waals surface area contributed by atoms with Crippen LogP contribution in [0.5, 0.6) is 0 Å². The number of hydrogen-bond donors (Lipinski definition) is 1. The number of halogens is 1. The molecule has 0 bridgehead atoms. The summed E-state index contributed by atoms with van der Waals surface area (Å²) >= 11 is 3.40. The number of rotatable bonds is 3. The molecule has 116 valence electrons. The number of amides is 1. The third-order valence-corrected chi connectivity index (χ3v) is 4.76. The summed E-state index contributed by atoms with van der Waals surface area (Å²) in [5.41, 5.74) is 0.648. The number of hydrogen-bond acceptors (Lipinski definition) is 3. The van der Waals surface area contributed by atoms with Crippen LogP contribution in [0.25, 0.3) is 0 Å². The van der Waals surface area contributed by atoms with Crippen LogP contribution in [0.1, 0.15) is 43.5 Å². The lowest BCUT2D eigenvalue weighted by atomic mass is 9.89. The predicted octanol–water partition coefficient (Wildman–Crippen LogP) is 3.78. The lowest BCUT2D eigenvalue weighted by Gasteiger charge is -2.22. The van der Waals surface area contributed by atoms with E-state index < -0.39 is 0 Å². The molecule has 1 atom stereocenters. The highest BCUT2D eigenvalue weighted by molar-refractivity contribution is 9.10. The van der Waals surface area contributed by atoms with Gasteiger partial charge >= 0.3 is 0 Å². The van der Waals surface area contributed by atoms with Crippen LogP contribution in [-0.4, -0.2) is 35.9 Å². The molecule has 1 amide bonds. The number of likely N-dealkylation sites (tertiary alicyclic amines) is 1. The summed E-state index contributed by atoms with van der Waals surface area (Å²) in [6.07, 6.45) is 5.11. The van der Waals surface area contributed by atoms with Crippen molar-refractivity contribution in [3.63, 3.8) is 0 Å². The van der Waals surface area contributed by atoms with E-state index in [0.29, 0.717) is 17.3 Å². The molecule has 1 N–H and O–H groups in total. The molecular weight excluding hydrogens is 330 g/mol. The van der Waals surface area contributed by atoms with Crippen molar-refractivity contribution in [3.8, 4) is 0 Å². The van der Waals surface area contributed by atoms with Gasteiger partial charge in [0.1, 0.15) is 5.82 Å². The first-order valence-electron chi connectivity index (χ1n) is 7.65. The van der Waals surface area contributed by atoms with Crippen LogP contribution in [0.4, 0.5) is 5.82 Å². The Morgan fingerprint density at radius 3 is 2.86 bits per heavy atom. The van der Waals surface area contributed by atoms with Crippen LogP contribution in [0, 0.1) is 11.8 Å². The van der Waals surface area contributed by atoms with Gasteiger partial charge in [-0.2, -0.15) is 0 Å². The Kier molecular flexibility index (Phi) is 5.62. The van der Waals surface area contributed by atoms with Crippen LogP contribution >= 0.6 is 15.9 Å². The first kappa shape index (κ1) is 16.3. The average molecular weight is 354 g/mol. The maximum atomic E-state index is 12.8. The zero-order valence-electron chi connectivity index (χ0n) is 13.0. The summed E-state index contributed by atoms with van der Waals surface area (Å²) in [5, 5.41) is 3.01. The molecular formula is C16H24BrN3O. The molecule has 1 aromatic rings. The molecule has 1 saturated heterocycles. The molecule has 2 heterocycles. The van der Waals surface area contributed by atoms with E-state index in [9.17, 15) is 4.79 Å². The fourth-order valence-corrected chi connectivity index (χ4v) is 3.30. The number of pyridine rings is 1. The van der Waals surface area contributed by atoms with Crippen LogP contribution in [-0.2, 0) is 0 Å². The van der Waals surface area contributed by atoms with Crippen molar-refractivity contribution in [1.29, 1.82) is 0 Å². The maximum Gasteiger partial charge on any atom is 0.257 e. The Labute approximate surface area is 135 Å². The van der Waals surface area contributed by atoms with E-state index in [2.05, 4.69) is 40.1 Å². The van der Waals surface area contributed by atoms with Gasteiger partial charge in [0.2, 0.25) is 0 Å². The van der Waals surface area contributed by atoms with E-state index in [1.807, 2.05) is 11.0 Å². The third-order valence-electron chi connectivity index (χ3n) is 4.32. The van der Waals surface area contributed by atoms with Crippen molar-refractivity contribution in [2.45, 2.75) is 33.1 Å². The summed E-state index contributed by atoms with van der Waals surface area (Å²) in [5.74, 6) is 2.15. The highest BCUT2D eigenvalue weighted by atomic mass is 79.9. The quantitative estimate of drug-likeness (QED) is 0.898.